The third-order valence-corrected chi connectivity index (χ3v) is 1.36. The lowest BCUT2D eigenvalue weighted by molar-refractivity contribution is 1.09. The molecule has 0 aliphatic rings. The molecular formula is C9H11N3. The van der Waals surface area contributed by atoms with Crippen molar-refractivity contribution in [3.63, 3.8) is 0 Å². The molecule has 0 bridgehead atoms. The van der Waals surface area contributed by atoms with Gasteiger partial charge in [-0.2, -0.15) is 0 Å². The molecule has 3 heteroatoms. The first-order chi connectivity index (χ1) is 5.88. The molecular weight excluding hydrogens is 150 g/mol. The molecule has 0 amide bonds. The Morgan fingerprint density at radius 2 is 2.50 bits per heavy atom. The first-order valence-corrected chi connectivity index (χ1v) is 3.65. The van der Waals surface area contributed by atoms with Crippen molar-refractivity contribution in [3.05, 3.63) is 37.1 Å². The van der Waals surface area contributed by atoms with Crippen molar-refractivity contribution in [2.45, 2.75) is 6.92 Å². The van der Waals surface area contributed by atoms with E-state index < -0.39 is 0 Å². The fourth-order valence-electron chi connectivity index (χ4n) is 0.872. The molecule has 62 valence electrons. The van der Waals surface area contributed by atoms with Gasteiger partial charge in [-0.05, 0) is 19.7 Å². The van der Waals surface area contributed by atoms with Gasteiger partial charge in [0.15, 0.2) is 0 Å². The van der Waals surface area contributed by atoms with Crippen LogP contribution in [0.4, 0.5) is 0 Å². The summed E-state index contributed by atoms with van der Waals surface area (Å²) in [4.78, 5) is 7.63. The molecule has 1 heterocycles. The van der Waals surface area contributed by atoms with Crippen LogP contribution in [0.15, 0.2) is 42.1 Å². The Balaban J connectivity index is 2.95. The molecule has 0 unspecified atom stereocenters. The summed E-state index contributed by atoms with van der Waals surface area (Å²) in [6.45, 7) is 5.35. The second-order valence-corrected chi connectivity index (χ2v) is 2.21. The van der Waals surface area contributed by atoms with Gasteiger partial charge in [0, 0.05) is 12.4 Å². The minimum atomic E-state index is 0.949. The lowest BCUT2D eigenvalue weighted by Gasteiger charge is -1.99. The Hall–Kier alpha value is -1.64. The maximum Gasteiger partial charge on any atom is 0.0992 e. The molecule has 0 spiro atoms. The van der Waals surface area contributed by atoms with Crippen LogP contribution in [0.2, 0.25) is 0 Å². The first kappa shape index (κ1) is 8.46. The van der Waals surface area contributed by atoms with Gasteiger partial charge in [-0.25, -0.2) is 4.98 Å². The van der Waals surface area contributed by atoms with Gasteiger partial charge < -0.3 is 4.57 Å². The number of allylic oxidation sites excluding steroid dienone is 3. The van der Waals surface area contributed by atoms with Gasteiger partial charge in [-0.3, -0.25) is 4.99 Å². The van der Waals surface area contributed by atoms with Crippen LogP contribution in [0.3, 0.4) is 0 Å². The number of imidazole rings is 1. The van der Waals surface area contributed by atoms with E-state index in [2.05, 4.69) is 16.7 Å². The molecule has 1 rings (SSSR count). The normalized spacial score (nSPS) is 12.2. The van der Waals surface area contributed by atoms with E-state index in [9.17, 15) is 0 Å². The van der Waals surface area contributed by atoms with Crippen LogP contribution < -0.4 is 0 Å². The molecule has 0 saturated heterocycles. The summed E-state index contributed by atoms with van der Waals surface area (Å²) in [6.07, 6.45) is 10.9. The molecule has 0 aliphatic heterocycles. The molecule has 0 fully saturated rings. The number of nitrogens with zero attached hydrogens (tertiary/aromatic N) is 3. The van der Waals surface area contributed by atoms with Crippen molar-refractivity contribution in [1.82, 2.24) is 9.55 Å². The standard InChI is InChI=1S/C9H11N3/c1-3-4-9(7-10-2)12-6-5-11-8-12/h3-8H,2H2,1H3/b4-3-,9-7+. The molecule has 12 heavy (non-hydrogen) atoms. The number of aromatic nitrogens is 2. The van der Waals surface area contributed by atoms with Crippen LogP contribution in [0.1, 0.15) is 6.92 Å². The highest BCUT2D eigenvalue weighted by atomic mass is 15.0. The fourth-order valence-corrected chi connectivity index (χ4v) is 0.872. The van der Waals surface area contributed by atoms with E-state index in [1.807, 2.05) is 29.8 Å². The van der Waals surface area contributed by atoms with Gasteiger partial charge in [-0.15, -0.1) is 0 Å². The molecule has 0 atom stereocenters. The topological polar surface area (TPSA) is 30.2 Å². The minimum Gasteiger partial charge on any atom is -0.305 e. The zero-order chi connectivity index (χ0) is 8.81. The second kappa shape index (κ2) is 4.28. The van der Waals surface area contributed by atoms with E-state index in [1.165, 1.54) is 0 Å². The summed E-state index contributed by atoms with van der Waals surface area (Å²) in [7, 11) is 0. The van der Waals surface area contributed by atoms with Crippen LogP contribution in [0.25, 0.3) is 5.70 Å². The zero-order valence-electron chi connectivity index (χ0n) is 7.01. The summed E-state index contributed by atoms with van der Waals surface area (Å²) in [5, 5.41) is 0. The van der Waals surface area contributed by atoms with Gasteiger partial charge >= 0.3 is 0 Å². The average molecular weight is 161 g/mol. The molecule has 0 radical (unpaired) electrons. The van der Waals surface area contributed by atoms with E-state index in [0.29, 0.717) is 0 Å². The molecule has 0 N–H and O–H groups in total. The van der Waals surface area contributed by atoms with Crippen molar-refractivity contribution in [2.75, 3.05) is 0 Å². The molecule has 0 saturated carbocycles. The van der Waals surface area contributed by atoms with E-state index in [4.69, 9.17) is 0 Å². The van der Waals surface area contributed by atoms with Gasteiger partial charge in [0.05, 0.1) is 18.2 Å². The third kappa shape index (κ3) is 1.92. The van der Waals surface area contributed by atoms with Crippen molar-refractivity contribution >= 4 is 12.4 Å². The Morgan fingerprint density at radius 3 is 3.00 bits per heavy atom. The highest BCUT2D eigenvalue weighted by molar-refractivity contribution is 5.57. The molecule has 0 aromatic carbocycles. The van der Waals surface area contributed by atoms with Crippen molar-refractivity contribution in [2.24, 2.45) is 4.99 Å². The molecule has 1 aromatic heterocycles. The maximum absolute atomic E-state index is 3.93. The van der Waals surface area contributed by atoms with Gasteiger partial charge in [0.25, 0.3) is 0 Å². The van der Waals surface area contributed by atoms with E-state index in [0.717, 1.165) is 5.70 Å². The van der Waals surface area contributed by atoms with E-state index in [-0.39, 0.29) is 0 Å². The van der Waals surface area contributed by atoms with Gasteiger partial charge in [0.2, 0.25) is 0 Å². The monoisotopic (exact) mass is 161 g/mol. The minimum absolute atomic E-state index is 0.949. The summed E-state index contributed by atoms with van der Waals surface area (Å²) in [5.74, 6) is 0. The van der Waals surface area contributed by atoms with Crippen LogP contribution in [0.5, 0.6) is 0 Å². The van der Waals surface area contributed by atoms with E-state index >= 15 is 0 Å². The predicted molar refractivity (Wildman–Crippen MR) is 50.9 cm³/mol. The highest BCUT2D eigenvalue weighted by Crippen LogP contribution is 2.05. The number of hydrogen-bond donors (Lipinski definition) is 0. The SMILES string of the molecule is C=N/C=C(\C=C/C)n1ccnc1. The largest absolute Gasteiger partial charge is 0.305 e. The van der Waals surface area contributed by atoms with Gasteiger partial charge in [0.1, 0.15) is 0 Å². The van der Waals surface area contributed by atoms with Crippen molar-refractivity contribution in [1.29, 1.82) is 0 Å². The summed E-state index contributed by atoms with van der Waals surface area (Å²) >= 11 is 0. The predicted octanol–water partition coefficient (Wildman–Crippen LogP) is 1.96. The Bertz CT molecular complexity index is 294. The number of rotatable bonds is 3. The lowest BCUT2D eigenvalue weighted by Crippen LogP contribution is -1.89. The quantitative estimate of drug-likeness (QED) is 0.492. The Morgan fingerprint density at radius 1 is 1.67 bits per heavy atom. The Labute approximate surface area is 71.8 Å². The maximum atomic E-state index is 3.93. The smallest absolute Gasteiger partial charge is 0.0992 e. The van der Waals surface area contributed by atoms with Crippen LogP contribution in [-0.2, 0) is 0 Å². The zero-order valence-corrected chi connectivity index (χ0v) is 7.01. The third-order valence-electron chi connectivity index (χ3n) is 1.36. The summed E-state index contributed by atoms with van der Waals surface area (Å²) in [6, 6.07) is 0. The van der Waals surface area contributed by atoms with Crippen LogP contribution in [-0.4, -0.2) is 16.3 Å². The van der Waals surface area contributed by atoms with Gasteiger partial charge in [-0.1, -0.05) is 6.08 Å². The second-order valence-electron chi connectivity index (χ2n) is 2.21. The first-order valence-electron chi connectivity index (χ1n) is 3.65. The van der Waals surface area contributed by atoms with Crippen LogP contribution in [0, 0.1) is 0 Å². The molecule has 3 nitrogen and oxygen atoms in total. The Kier molecular flexibility index (Phi) is 3.02. The van der Waals surface area contributed by atoms with Crippen molar-refractivity contribution in [3.8, 4) is 0 Å². The van der Waals surface area contributed by atoms with Crippen LogP contribution >= 0.6 is 0 Å². The summed E-state index contributed by atoms with van der Waals surface area (Å²) in [5.41, 5.74) is 0.949. The lowest BCUT2D eigenvalue weighted by atomic mass is 10.4. The van der Waals surface area contributed by atoms with Crippen molar-refractivity contribution < 1.29 is 0 Å². The fraction of sp³-hybridized carbons (Fsp3) is 0.111. The highest BCUT2D eigenvalue weighted by Gasteiger charge is 1.92. The summed E-state index contributed by atoms with van der Waals surface area (Å²) < 4.78 is 1.87. The number of hydrogen-bond acceptors (Lipinski definition) is 2. The molecule has 1 aromatic rings. The van der Waals surface area contributed by atoms with E-state index in [1.54, 1.807) is 18.7 Å². The average Bonchev–Trinajstić information content (AvgIpc) is 2.56. The number of aliphatic imine (C=N–C) groups is 1. The molecule has 0 aliphatic carbocycles.